The number of nitrogens with zero attached hydrogens (tertiary/aromatic N) is 2. The minimum atomic E-state index is -0.624. The molecule has 140 valence electrons. The first-order valence-corrected chi connectivity index (χ1v) is 9.34. The number of benzene rings is 2. The summed E-state index contributed by atoms with van der Waals surface area (Å²) >= 11 is 0. The van der Waals surface area contributed by atoms with Gasteiger partial charge >= 0.3 is 0 Å². The minimum absolute atomic E-state index is 0.340. The van der Waals surface area contributed by atoms with Gasteiger partial charge in [0.1, 0.15) is 5.82 Å². The molecule has 0 spiro atoms. The first kappa shape index (κ1) is 17.7. The number of hydrogen-bond donors (Lipinski definition) is 2. The van der Waals surface area contributed by atoms with Crippen molar-refractivity contribution in [2.24, 2.45) is 0 Å². The zero-order valence-electron chi connectivity index (χ0n) is 15.7. The standard InChI is InChI=1S/C22H24FN3O/c1-14-3-5-17-18(11-14)22(25-16-7-9-26(2)10-8-16)24-13-19(17)15-4-6-21(27)20(23)12-15/h3-6,11-13,16,27H,7-10H2,1-2H3,(H,24,25). The van der Waals surface area contributed by atoms with Crippen LogP contribution in [0.5, 0.6) is 5.75 Å². The van der Waals surface area contributed by atoms with Crippen molar-refractivity contribution in [1.29, 1.82) is 0 Å². The van der Waals surface area contributed by atoms with Crippen molar-refractivity contribution < 1.29 is 9.50 Å². The van der Waals surface area contributed by atoms with E-state index >= 15 is 0 Å². The molecular formula is C22H24FN3O. The van der Waals surface area contributed by atoms with Crippen molar-refractivity contribution in [2.45, 2.75) is 25.8 Å². The van der Waals surface area contributed by atoms with Crippen molar-refractivity contribution in [3.8, 4) is 16.9 Å². The number of phenols is 1. The summed E-state index contributed by atoms with van der Waals surface area (Å²) in [6.07, 6.45) is 3.98. The van der Waals surface area contributed by atoms with Crippen LogP contribution in [-0.2, 0) is 0 Å². The van der Waals surface area contributed by atoms with Gasteiger partial charge in [-0.05, 0) is 69.1 Å². The maximum absolute atomic E-state index is 13.9. The highest BCUT2D eigenvalue weighted by molar-refractivity contribution is 6.02. The molecule has 4 rings (SSSR count). The number of phenolic OH excluding ortho intramolecular Hbond substituents is 1. The van der Waals surface area contributed by atoms with Crippen molar-refractivity contribution in [2.75, 3.05) is 25.5 Å². The molecule has 1 aliphatic heterocycles. The zero-order valence-corrected chi connectivity index (χ0v) is 15.7. The first-order chi connectivity index (χ1) is 13.0. The molecule has 0 saturated carbocycles. The van der Waals surface area contributed by atoms with Crippen LogP contribution in [0.15, 0.2) is 42.6 Å². The molecule has 5 heteroatoms. The molecular weight excluding hydrogens is 341 g/mol. The number of hydrogen-bond acceptors (Lipinski definition) is 4. The fraction of sp³-hybridized carbons (Fsp3) is 0.318. The lowest BCUT2D eigenvalue weighted by atomic mass is 9.98. The number of halogens is 1. The monoisotopic (exact) mass is 365 g/mol. The number of aromatic hydroxyl groups is 1. The molecule has 0 unspecified atom stereocenters. The molecule has 1 saturated heterocycles. The third-order valence-electron chi connectivity index (χ3n) is 5.36. The van der Waals surface area contributed by atoms with E-state index in [4.69, 9.17) is 0 Å². The van der Waals surface area contributed by atoms with E-state index in [0.717, 1.165) is 53.6 Å². The maximum atomic E-state index is 13.9. The smallest absolute Gasteiger partial charge is 0.165 e. The number of rotatable bonds is 3. The van der Waals surface area contributed by atoms with Crippen LogP contribution in [0.4, 0.5) is 10.2 Å². The third kappa shape index (κ3) is 3.60. The lowest BCUT2D eigenvalue weighted by Gasteiger charge is -2.30. The Morgan fingerprint density at radius 2 is 1.89 bits per heavy atom. The quantitative estimate of drug-likeness (QED) is 0.714. The molecule has 2 aromatic carbocycles. The van der Waals surface area contributed by atoms with Gasteiger partial charge in [0.2, 0.25) is 0 Å². The van der Waals surface area contributed by atoms with Crippen LogP contribution >= 0.6 is 0 Å². The van der Waals surface area contributed by atoms with Crippen molar-refractivity contribution in [1.82, 2.24) is 9.88 Å². The number of nitrogens with one attached hydrogen (secondary N) is 1. The molecule has 3 aromatic rings. The van der Waals surface area contributed by atoms with Gasteiger partial charge < -0.3 is 15.3 Å². The summed E-state index contributed by atoms with van der Waals surface area (Å²) in [6, 6.07) is 11.1. The highest BCUT2D eigenvalue weighted by Crippen LogP contribution is 2.34. The van der Waals surface area contributed by atoms with Gasteiger partial charge in [-0.2, -0.15) is 0 Å². The van der Waals surface area contributed by atoms with E-state index in [9.17, 15) is 9.50 Å². The van der Waals surface area contributed by atoms with Crippen LogP contribution < -0.4 is 5.32 Å². The number of likely N-dealkylation sites (tertiary alicyclic amines) is 1. The average Bonchev–Trinajstić information content (AvgIpc) is 2.66. The molecule has 1 aliphatic rings. The Bertz CT molecular complexity index is 981. The van der Waals surface area contributed by atoms with Gasteiger partial charge in [-0.15, -0.1) is 0 Å². The summed E-state index contributed by atoms with van der Waals surface area (Å²) in [7, 11) is 2.15. The number of aryl methyl sites for hydroxylation is 1. The zero-order chi connectivity index (χ0) is 19.0. The van der Waals surface area contributed by atoms with Crippen LogP contribution in [0.1, 0.15) is 18.4 Å². The van der Waals surface area contributed by atoms with Crippen molar-refractivity contribution in [3.63, 3.8) is 0 Å². The fourth-order valence-corrected chi connectivity index (χ4v) is 3.72. The van der Waals surface area contributed by atoms with Crippen LogP contribution in [0.3, 0.4) is 0 Å². The van der Waals surface area contributed by atoms with Crippen LogP contribution in [0, 0.1) is 12.7 Å². The Hall–Kier alpha value is -2.66. The molecule has 2 N–H and O–H groups in total. The van der Waals surface area contributed by atoms with E-state index in [-0.39, 0.29) is 5.75 Å². The summed E-state index contributed by atoms with van der Waals surface area (Å²) in [5, 5.41) is 15.2. The predicted molar refractivity (Wildman–Crippen MR) is 108 cm³/mol. The van der Waals surface area contributed by atoms with E-state index < -0.39 is 5.82 Å². The van der Waals surface area contributed by atoms with Gasteiger partial charge in [0, 0.05) is 23.2 Å². The molecule has 0 amide bonds. The number of piperidine rings is 1. The second kappa shape index (κ2) is 7.16. The molecule has 27 heavy (non-hydrogen) atoms. The number of fused-ring (bicyclic) bond motifs is 1. The Kier molecular flexibility index (Phi) is 4.70. The van der Waals surface area contributed by atoms with Gasteiger partial charge in [-0.25, -0.2) is 9.37 Å². The number of anilines is 1. The summed E-state index contributed by atoms with van der Waals surface area (Å²) in [6.45, 7) is 4.23. The highest BCUT2D eigenvalue weighted by atomic mass is 19.1. The van der Waals surface area contributed by atoms with E-state index in [1.54, 1.807) is 12.3 Å². The molecule has 1 aromatic heterocycles. The lowest BCUT2D eigenvalue weighted by Crippen LogP contribution is -2.36. The third-order valence-corrected chi connectivity index (χ3v) is 5.36. The maximum Gasteiger partial charge on any atom is 0.165 e. The highest BCUT2D eigenvalue weighted by Gasteiger charge is 2.18. The van der Waals surface area contributed by atoms with E-state index in [0.29, 0.717) is 11.6 Å². The summed E-state index contributed by atoms with van der Waals surface area (Å²) in [5.41, 5.74) is 2.72. The average molecular weight is 365 g/mol. The normalized spacial score (nSPS) is 16.0. The second-order valence-electron chi connectivity index (χ2n) is 7.46. The van der Waals surface area contributed by atoms with Gasteiger partial charge in [-0.3, -0.25) is 0 Å². The van der Waals surface area contributed by atoms with Crippen molar-refractivity contribution in [3.05, 3.63) is 54.0 Å². The van der Waals surface area contributed by atoms with Gasteiger partial charge in [-0.1, -0.05) is 23.8 Å². The molecule has 0 atom stereocenters. The van der Waals surface area contributed by atoms with Crippen LogP contribution in [0.25, 0.3) is 21.9 Å². The summed E-state index contributed by atoms with van der Waals surface area (Å²) in [5.74, 6) is -0.0834. The molecule has 4 nitrogen and oxygen atoms in total. The van der Waals surface area contributed by atoms with Gasteiger partial charge in [0.25, 0.3) is 0 Å². The van der Waals surface area contributed by atoms with Crippen molar-refractivity contribution >= 4 is 16.6 Å². The fourth-order valence-electron chi connectivity index (χ4n) is 3.72. The van der Waals surface area contributed by atoms with E-state index in [1.807, 2.05) is 0 Å². The molecule has 2 heterocycles. The second-order valence-corrected chi connectivity index (χ2v) is 7.46. The van der Waals surface area contributed by atoms with Crippen LogP contribution in [0.2, 0.25) is 0 Å². The summed E-state index contributed by atoms with van der Waals surface area (Å²) in [4.78, 5) is 7.02. The molecule has 0 bridgehead atoms. The Labute approximate surface area is 158 Å². The first-order valence-electron chi connectivity index (χ1n) is 9.34. The topological polar surface area (TPSA) is 48.4 Å². The number of aromatic nitrogens is 1. The van der Waals surface area contributed by atoms with Gasteiger partial charge in [0.15, 0.2) is 11.6 Å². The van der Waals surface area contributed by atoms with E-state index in [2.05, 4.69) is 47.4 Å². The summed E-state index contributed by atoms with van der Waals surface area (Å²) < 4.78 is 13.9. The Morgan fingerprint density at radius 3 is 2.63 bits per heavy atom. The Morgan fingerprint density at radius 1 is 1.11 bits per heavy atom. The molecule has 0 aliphatic carbocycles. The molecule has 0 radical (unpaired) electrons. The predicted octanol–water partition coefficient (Wildman–Crippen LogP) is 4.56. The van der Waals surface area contributed by atoms with Gasteiger partial charge in [0.05, 0.1) is 0 Å². The van der Waals surface area contributed by atoms with Crippen LogP contribution in [-0.4, -0.2) is 41.2 Å². The largest absolute Gasteiger partial charge is 0.505 e. The molecule has 1 fully saturated rings. The minimum Gasteiger partial charge on any atom is -0.505 e. The SMILES string of the molecule is Cc1ccc2c(-c3ccc(O)c(F)c3)cnc(NC3CCN(C)CC3)c2c1. The van der Waals surface area contributed by atoms with E-state index in [1.165, 1.54) is 12.1 Å². The Balaban J connectivity index is 1.76. The number of pyridine rings is 1. The lowest BCUT2D eigenvalue weighted by molar-refractivity contribution is 0.264.